The number of hydrogen-bond donors (Lipinski definition) is 2. The number of H-pyrrole nitrogens is 1. The maximum Gasteiger partial charge on any atom is 0.331 e. The average Bonchev–Trinajstić information content (AvgIpc) is 3.34. The van der Waals surface area contributed by atoms with Crippen molar-refractivity contribution >= 4 is 33.2 Å². The Morgan fingerprint density at radius 2 is 1.74 bits per heavy atom. The number of halogens is 3. The van der Waals surface area contributed by atoms with Crippen molar-refractivity contribution in [2.24, 2.45) is 0 Å². The van der Waals surface area contributed by atoms with E-state index >= 15 is 8.78 Å². The quantitative estimate of drug-likeness (QED) is 0.356. The largest absolute Gasteiger partial charge is 0.331 e. The number of alkyl halides is 2. The molecule has 0 spiro atoms. The van der Waals surface area contributed by atoms with Gasteiger partial charge in [-0.3, -0.25) is 5.10 Å². The Labute approximate surface area is 182 Å². The number of hydrogen-bond acceptors (Lipinski definition) is 5. The van der Waals surface area contributed by atoms with Crippen molar-refractivity contribution in [3.63, 3.8) is 0 Å². The molecule has 0 fully saturated rings. The number of aryl methyl sites for hydroxylation is 2. The molecule has 0 aliphatic heterocycles. The molecule has 1 aromatic carbocycles. The van der Waals surface area contributed by atoms with Gasteiger partial charge in [0.15, 0.2) is 11.6 Å². The summed E-state index contributed by atoms with van der Waals surface area (Å²) in [5.74, 6) is -3.98. The van der Waals surface area contributed by atoms with Crippen LogP contribution < -0.4 is 5.32 Å². The fourth-order valence-electron chi connectivity index (χ4n) is 2.77. The molecule has 0 aliphatic rings. The third-order valence-electron chi connectivity index (χ3n) is 4.21. The van der Waals surface area contributed by atoms with Gasteiger partial charge in [-0.05, 0) is 43.7 Å². The van der Waals surface area contributed by atoms with Gasteiger partial charge < -0.3 is 5.32 Å². The predicted molar refractivity (Wildman–Crippen MR) is 119 cm³/mol. The number of aromatic nitrogens is 4. The lowest BCUT2D eigenvalue weighted by atomic mass is 10.1. The number of nitrogens with zero attached hydrogens (tertiary/aromatic N) is 3. The predicted octanol–water partition coefficient (Wildman–Crippen LogP) is 6.72. The molecule has 2 N–H and O–H groups in total. The lowest BCUT2D eigenvalue weighted by Crippen LogP contribution is -2.20. The zero-order chi connectivity index (χ0) is 22.6. The van der Waals surface area contributed by atoms with Crippen molar-refractivity contribution in [2.45, 2.75) is 46.5 Å². The van der Waals surface area contributed by atoms with Crippen LogP contribution in [-0.2, 0) is 12.3 Å². The third-order valence-corrected chi connectivity index (χ3v) is 5.49. The van der Waals surface area contributed by atoms with Gasteiger partial charge in [-0.1, -0.05) is 27.2 Å². The van der Waals surface area contributed by atoms with E-state index in [4.69, 9.17) is 0 Å². The van der Waals surface area contributed by atoms with Crippen LogP contribution >= 0.6 is 11.3 Å². The van der Waals surface area contributed by atoms with Gasteiger partial charge >= 0.3 is 5.92 Å². The maximum atomic E-state index is 15.1. The number of thiophene rings is 1. The molecule has 0 saturated heterocycles. The van der Waals surface area contributed by atoms with Crippen LogP contribution in [-0.4, -0.2) is 20.2 Å². The number of benzene rings is 1. The number of rotatable bonds is 5. The highest BCUT2D eigenvalue weighted by Crippen LogP contribution is 2.38. The van der Waals surface area contributed by atoms with E-state index < -0.39 is 17.6 Å². The molecular formula is C22H24F3N5S. The van der Waals surface area contributed by atoms with Crippen LogP contribution in [0.3, 0.4) is 0 Å². The molecule has 5 nitrogen and oxygen atoms in total. The highest BCUT2D eigenvalue weighted by atomic mass is 32.1. The summed E-state index contributed by atoms with van der Waals surface area (Å²) in [5, 5.41) is 9.88. The zero-order valence-corrected chi connectivity index (χ0v) is 18.6. The smallest absolute Gasteiger partial charge is 0.322 e. The fourth-order valence-corrected chi connectivity index (χ4v) is 3.75. The van der Waals surface area contributed by atoms with Gasteiger partial charge in [0.25, 0.3) is 0 Å². The Bertz CT molecular complexity index is 1150. The Kier molecular flexibility index (Phi) is 6.94. The van der Waals surface area contributed by atoms with Crippen LogP contribution in [0.5, 0.6) is 0 Å². The van der Waals surface area contributed by atoms with E-state index in [1.165, 1.54) is 17.8 Å². The molecule has 0 saturated carbocycles. The van der Waals surface area contributed by atoms with Gasteiger partial charge in [0.05, 0.1) is 10.2 Å². The summed E-state index contributed by atoms with van der Waals surface area (Å²) in [4.78, 5) is 9.23. The summed E-state index contributed by atoms with van der Waals surface area (Å²) in [6, 6.07) is 7.60. The van der Waals surface area contributed by atoms with Crippen LogP contribution in [0.25, 0.3) is 10.2 Å². The maximum absolute atomic E-state index is 15.1. The van der Waals surface area contributed by atoms with Gasteiger partial charge in [0.1, 0.15) is 5.82 Å². The zero-order valence-electron chi connectivity index (χ0n) is 17.8. The van der Waals surface area contributed by atoms with Crippen LogP contribution in [0.1, 0.15) is 49.2 Å². The van der Waals surface area contributed by atoms with Gasteiger partial charge in [0, 0.05) is 22.2 Å². The molecular weight excluding hydrogens is 423 g/mol. The summed E-state index contributed by atoms with van der Waals surface area (Å²) in [7, 11) is 0. The molecule has 164 valence electrons. The minimum atomic E-state index is -3.48. The SMILES string of the molecule is CCC.CCc1cc2nc(C(F)(F)c3ccc(F)cc3)nc(Nc3cc(C)[nH]n3)c2s1. The summed E-state index contributed by atoms with van der Waals surface area (Å²) in [6.45, 7) is 8.07. The van der Waals surface area contributed by atoms with Crippen LogP contribution in [0.15, 0.2) is 36.4 Å². The second kappa shape index (κ2) is 9.47. The van der Waals surface area contributed by atoms with Gasteiger partial charge in [-0.2, -0.15) is 13.9 Å². The Morgan fingerprint density at radius 1 is 1.06 bits per heavy atom. The molecule has 0 atom stereocenters. The van der Waals surface area contributed by atoms with Crippen LogP contribution in [0.2, 0.25) is 0 Å². The number of fused-ring (bicyclic) bond motifs is 1. The first-order chi connectivity index (χ1) is 14.8. The summed E-state index contributed by atoms with van der Waals surface area (Å²) < 4.78 is 43.9. The Balaban J connectivity index is 0.000000858. The highest BCUT2D eigenvalue weighted by molar-refractivity contribution is 7.19. The molecule has 0 aliphatic carbocycles. The van der Waals surface area contributed by atoms with Crippen molar-refractivity contribution in [1.82, 2.24) is 20.2 Å². The minimum Gasteiger partial charge on any atom is -0.322 e. The summed E-state index contributed by atoms with van der Waals surface area (Å²) >= 11 is 1.45. The van der Waals surface area contributed by atoms with Crippen molar-refractivity contribution in [1.29, 1.82) is 0 Å². The van der Waals surface area contributed by atoms with E-state index in [9.17, 15) is 4.39 Å². The lowest BCUT2D eigenvalue weighted by molar-refractivity contribution is 0.0333. The van der Waals surface area contributed by atoms with Crippen LogP contribution in [0, 0.1) is 12.7 Å². The standard InChI is InChI=1S/C19H16F3N5S.C3H8/c1-3-13-9-14-16(28-13)17(24-15-8-10(2)26-27-15)25-18(23-14)19(21,22)11-4-6-12(20)7-5-11;1-3-2/h4-9H,3H2,1-2H3,(H2,23,24,25,26,27);3H2,1-2H3. The van der Waals surface area contributed by atoms with E-state index in [0.717, 1.165) is 41.3 Å². The molecule has 4 aromatic rings. The first-order valence-corrected chi connectivity index (χ1v) is 10.8. The first-order valence-electron chi connectivity index (χ1n) is 10.0. The van der Waals surface area contributed by atoms with E-state index in [1.807, 2.05) is 13.8 Å². The van der Waals surface area contributed by atoms with Crippen molar-refractivity contribution in [2.75, 3.05) is 5.32 Å². The van der Waals surface area contributed by atoms with Gasteiger partial charge in [0.2, 0.25) is 5.82 Å². The number of anilines is 2. The second-order valence-corrected chi connectivity index (χ2v) is 8.16. The summed E-state index contributed by atoms with van der Waals surface area (Å²) in [5.41, 5.74) is 0.884. The normalized spacial score (nSPS) is 11.3. The van der Waals surface area contributed by atoms with E-state index in [0.29, 0.717) is 16.0 Å². The van der Waals surface area contributed by atoms with Crippen molar-refractivity contribution in [3.8, 4) is 0 Å². The van der Waals surface area contributed by atoms with E-state index in [-0.39, 0.29) is 11.4 Å². The highest BCUT2D eigenvalue weighted by Gasteiger charge is 2.38. The molecule has 3 aromatic heterocycles. The minimum absolute atomic E-state index is 0.262. The van der Waals surface area contributed by atoms with E-state index in [2.05, 4.69) is 39.3 Å². The Hall–Kier alpha value is -2.94. The number of aromatic amines is 1. The Morgan fingerprint density at radius 3 is 2.32 bits per heavy atom. The molecule has 0 radical (unpaired) electrons. The molecule has 9 heteroatoms. The van der Waals surface area contributed by atoms with Gasteiger partial charge in [-0.25, -0.2) is 14.4 Å². The van der Waals surface area contributed by atoms with Gasteiger partial charge in [-0.15, -0.1) is 11.3 Å². The molecule has 0 unspecified atom stereocenters. The molecule has 4 rings (SSSR count). The van der Waals surface area contributed by atoms with Crippen molar-refractivity contribution < 1.29 is 13.2 Å². The third kappa shape index (κ3) is 5.04. The second-order valence-electron chi connectivity index (χ2n) is 7.03. The van der Waals surface area contributed by atoms with E-state index in [1.54, 1.807) is 12.1 Å². The molecule has 0 bridgehead atoms. The van der Waals surface area contributed by atoms with Crippen LogP contribution in [0.4, 0.5) is 24.8 Å². The monoisotopic (exact) mass is 447 g/mol. The first kappa shape index (κ1) is 22.7. The molecule has 0 amide bonds. The topological polar surface area (TPSA) is 66.5 Å². The average molecular weight is 448 g/mol. The number of nitrogens with one attached hydrogen (secondary N) is 2. The summed E-state index contributed by atoms with van der Waals surface area (Å²) in [6.07, 6.45) is 2.01. The van der Waals surface area contributed by atoms with Crippen molar-refractivity contribution in [3.05, 3.63) is 64.2 Å². The lowest BCUT2D eigenvalue weighted by Gasteiger charge is -2.16. The fraction of sp³-hybridized carbons (Fsp3) is 0.318. The molecule has 31 heavy (non-hydrogen) atoms. The molecule has 3 heterocycles.